The number of nitrogens with one attached hydrogen (secondary N) is 1. The van der Waals surface area contributed by atoms with E-state index in [0.717, 1.165) is 28.9 Å². The monoisotopic (exact) mass is 638 g/mol. The van der Waals surface area contributed by atoms with Gasteiger partial charge in [-0.3, -0.25) is 19.4 Å². The molecule has 0 bridgehead atoms. The zero-order valence-electron chi connectivity index (χ0n) is 27.8. The van der Waals surface area contributed by atoms with Gasteiger partial charge in [0.2, 0.25) is 0 Å². The lowest BCUT2D eigenvalue weighted by atomic mass is 9.84. The molecule has 46 heavy (non-hydrogen) atoms. The molecule has 250 valence electrons. The molecule has 1 N–H and O–H groups in total. The average molecular weight is 639 g/mol. The number of nitrogens with zero attached hydrogens (tertiary/aromatic N) is 3. The predicted molar refractivity (Wildman–Crippen MR) is 172 cm³/mol. The number of hydrogen-bond acceptors (Lipinski definition) is 9. The molecule has 5 rings (SSSR count). The van der Waals surface area contributed by atoms with Crippen LogP contribution in [0.15, 0.2) is 42.5 Å². The molecule has 11 heteroatoms. The van der Waals surface area contributed by atoms with Crippen molar-refractivity contribution in [3.63, 3.8) is 0 Å². The molecule has 4 atom stereocenters. The van der Waals surface area contributed by atoms with E-state index in [0.29, 0.717) is 45.8 Å². The molecule has 3 heterocycles. The summed E-state index contributed by atoms with van der Waals surface area (Å²) < 4.78 is 30.2. The van der Waals surface area contributed by atoms with E-state index in [4.69, 9.17) is 14.2 Å². The summed E-state index contributed by atoms with van der Waals surface area (Å²) in [6, 6.07) is 12.1. The minimum atomic E-state index is -1.04. The number of esters is 2. The van der Waals surface area contributed by atoms with Crippen molar-refractivity contribution in [3.8, 4) is 0 Å². The summed E-state index contributed by atoms with van der Waals surface area (Å²) in [6.45, 7) is 15.0. The van der Waals surface area contributed by atoms with Crippen LogP contribution in [0.5, 0.6) is 0 Å². The Hall–Kier alpha value is -3.54. The fourth-order valence-corrected chi connectivity index (χ4v) is 6.49. The maximum absolute atomic E-state index is 13.5. The summed E-state index contributed by atoms with van der Waals surface area (Å²) in [4.78, 5) is 46.1. The van der Waals surface area contributed by atoms with Crippen LogP contribution in [0.3, 0.4) is 0 Å². The SMILES string of the molecule is C[C@@H]1COCCN1C[C@H]1CN(C(=O)OC(C)(C)C)[C@H](C)CN1CC(=O)OC(=O)[C@]1(C)CNc2cc(Cc3ccc(F)cc3)ccc21. The molecule has 2 fully saturated rings. The van der Waals surface area contributed by atoms with Gasteiger partial charge in [-0.15, -0.1) is 0 Å². The Balaban J connectivity index is 1.25. The lowest BCUT2D eigenvalue weighted by molar-refractivity contribution is -0.164. The Bertz CT molecular complexity index is 1430. The quantitative estimate of drug-likeness (QED) is 0.353. The Morgan fingerprint density at radius 1 is 1.02 bits per heavy atom. The molecular formula is C35H47FN4O6. The van der Waals surface area contributed by atoms with Crippen LogP contribution in [-0.2, 0) is 35.6 Å². The van der Waals surface area contributed by atoms with E-state index >= 15 is 0 Å². The third-order valence-electron chi connectivity index (χ3n) is 9.15. The summed E-state index contributed by atoms with van der Waals surface area (Å²) in [5.41, 5.74) is 1.93. The summed E-state index contributed by atoms with van der Waals surface area (Å²) in [7, 11) is 0. The van der Waals surface area contributed by atoms with E-state index in [1.165, 1.54) is 12.1 Å². The van der Waals surface area contributed by atoms with Gasteiger partial charge in [0.15, 0.2) is 0 Å². The van der Waals surface area contributed by atoms with Crippen LogP contribution >= 0.6 is 0 Å². The van der Waals surface area contributed by atoms with Crippen LogP contribution in [0.4, 0.5) is 14.9 Å². The van der Waals surface area contributed by atoms with Crippen LogP contribution in [0.2, 0.25) is 0 Å². The molecule has 10 nitrogen and oxygen atoms in total. The van der Waals surface area contributed by atoms with Crippen molar-refractivity contribution in [1.82, 2.24) is 14.7 Å². The highest BCUT2D eigenvalue weighted by Gasteiger charge is 2.45. The first kappa shape index (κ1) is 33.8. The fraction of sp³-hybridized carbons (Fsp3) is 0.571. The molecule has 0 saturated carbocycles. The topological polar surface area (TPSA) is 101 Å². The highest BCUT2D eigenvalue weighted by atomic mass is 19.1. The number of benzene rings is 2. The van der Waals surface area contributed by atoms with E-state index in [9.17, 15) is 18.8 Å². The van der Waals surface area contributed by atoms with E-state index in [-0.39, 0.29) is 36.6 Å². The van der Waals surface area contributed by atoms with E-state index in [1.54, 1.807) is 24.0 Å². The van der Waals surface area contributed by atoms with Gasteiger partial charge in [0.05, 0.1) is 19.8 Å². The Morgan fingerprint density at radius 2 is 1.74 bits per heavy atom. The molecular weight excluding hydrogens is 591 g/mol. The van der Waals surface area contributed by atoms with E-state index in [1.807, 2.05) is 50.8 Å². The van der Waals surface area contributed by atoms with Crippen LogP contribution in [0.1, 0.15) is 58.2 Å². The molecule has 3 aliphatic heterocycles. The highest BCUT2D eigenvalue weighted by molar-refractivity contribution is 5.95. The number of halogens is 1. The van der Waals surface area contributed by atoms with Gasteiger partial charge in [0.25, 0.3) is 0 Å². The van der Waals surface area contributed by atoms with Crippen molar-refractivity contribution in [2.75, 3.05) is 57.8 Å². The van der Waals surface area contributed by atoms with Crippen molar-refractivity contribution in [3.05, 3.63) is 65.0 Å². The van der Waals surface area contributed by atoms with Gasteiger partial charge in [-0.2, -0.15) is 0 Å². The van der Waals surface area contributed by atoms with Gasteiger partial charge in [-0.25, -0.2) is 9.18 Å². The second-order valence-electron chi connectivity index (χ2n) is 14.1. The van der Waals surface area contributed by atoms with Gasteiger partial charge >= 0.3 is 18.0 Å². The van der Waals surface area contributed by atoms with Crippen molar-refractivity contribution >= 4 is 23.7 Å². The van der Waals surface area contributed by atoms with E-state index in [2.05, 4.69) is 17.1 Å². The summed E-state index contributed by atoms with van der Waals surface area (Å²) >= 11 is 0. The van der Waals surface area contributed by atoms with Crippen LogP contribution in [0.25, 0.3) is 0 Å². The van der Waals surface area contributed by atoms with Gasteiger partial charge in [-0.1, -0.05) is 24.3 Å². The normalized spacial score (nSPS) is 25.5. The van der Waals surface area contributed by atoms with Gasteiger partial charge in [0.1, 0.15) is 16.8 Å². The number of anilines is 1. The second kappa shape index (κ2) is 13.7. The zero-order valence-corrected chi connectivity index (χ0v) is 27.8. The number of amides is 1. The summed E-state index contributed by atoms with van der Waals surface area (Å²) in [5.74, 6) is -1.50. The molecule has 2 aromatic carbocycles. The third kappa shape index (κ3) is 7.87. The van der Waals surface area contributed by atoms with Crippen molar-refractivity contribution in [2.24, 2.45) is 0 Å². The molecule has 0 spiro atoms. The van der Waals surface area contributed by atoms with Crippen LogP contribution < -0.4 is 5.32 Å². The Labute approximate surface area is 271 Å². The van der Waals surface area contributed by atoms with Crippen LogP contribution in [-0.4, -0.2) is 109 Å². The largest absolute Gasteiger partial charge is 0.444 e. The zero-order chi connectivity index (χ0) is 33.2. The number of carbonyl (C=O) groups excluding carboxylic acids is 3. The first-order chi connectivity index (χ1) is 21.7. The maximum Gasteiger partial charge on any atom is 0.410 e. The number of carbonyl (C=O) groups is 3. The second-order valence-corrected chi connectivity index (χ2v) is 14.1. The highest BCUT2D eigenvalue weighted by Crippen LogP contribution is 2.38. The number of piperazine rings is 1. The molecule has 0 radical (unpaired) electrons. The lowest BCUT2D eigenvalue weighted by Crippen LogP contribution is -2.64. The number of hydrogen-bond donors (Lipinski definition) is 1. The summed E-state index contributed by atoms with van der Waals surface area (Å²) in [6.07, 6.45) is 0.248. The van der Waals surface area contributed by atoms with Gasteiger partial charge in [0, 0.05) is 56.5 Å². The molecule has 0 aliphatic carbocycles. The minimum absolute atomic E-state index is 0.0748. The van der Waals surface area contributed by atoms with Crippen molar-refractivity contribution in [2.45, 2.75) is 77.1 Å². The first-order valence-electron chi connectivity index (χ1n) is 16.1. The molecule has 2 aromatic rings. The smallest absolute Gasteiger partial charge is 0.410 e. The third-order valence-corrected chi connectivity index (χ3v) is 9.15. The number of morpholine rings is 1. The fourth-order valence-electron chi connectivity index (χ4n) is 6.49. The molecule has 0 unspecified atom stereocenters. The number of rotatable bonds is 7. The number of fused-ring (bicyclic) bond motifs is 1. The lowest BCUT2D eigenvalue weighted by Gasteiger charge is -2.47. The Morgan fingerprint density at radius 3 is 2.43 bits per heavy atom. The standard InChI is InChI=1S/C35H47FN4O6/c1-23-17-39(28(18-38-13-14-44-21-24(38)2)19-40(23)33(43)46-34(3,4)5)20-31(41)45-32(42)35(6)22-37-30-16-26(9-12-29(30)35)15-25-7-10-27(36)11-8-25/h7-12,16,23-24,28,37H,13-15,17-22H2,1-6H3/t23-,24-,28+,35-/m1/s1. The molecule has 1 amide bonds. The van der Waals surface area contributed by atoms with E-state index < -0.39 is 23.0 Å². The molecule has 0 aromatic heterocycles. The minimum Gasteiger partial charge on any atom is -0.444 e. The molecule has 3 aliphatic rings. The maximum atomic E-state index is 13.5. The Kier molecular flexibility index (Phi) is 10.0. The van der Waals surface area contributed by atoms with Gasteiger partial charge in [-0.05, 0) is 82.9 Å². The average Bonchev–Trinajstić information content (AvgIpc) is 3.32. The molecule has 2 saturated heterocycles. The van der Waals surface area contributed by atoms with Crippen molar-refractivity contribution in [1.29, 1.82) is 0 Å². The first-order valence-corrected chi connectivity index (χ1v) is 16.1. The van der Waals surface area contributed by atoms with Crippen LogP contribution in [0, 0.1) is 5.82 Å². The van der Waals surface area contributed by atoms with Gasteiger partial charge < -0.3 is 24.4 Å². The predicted octanol–water partition coefficient (Wildman–Crippen LogP) is 4.20. The van der Waals surface area contributed by atoms with Crippen molar-refractivity contribution < 1.29 is 33.0 Å². The number of ether oxygens (including phenoxy) is 3. The summed E-state index contributed by atoms with van der Waals surface area (Å²) in [5, 5.41) is 3.31.